The van der Waals surface area contributed by atoms with Gasteiger partial charge in [-0.05, 0) is 17.5 Å². The van der Waals surface area contributed by atoms with E-state index in [1.807, 2.05) is 48.5 Å². The van der Waals surface area contributed by atoms with Crippen LogP contribution >= 0.6 is 11.8 Å². The number of amides is 2. The fourth-order valence-electron chi connectivity index (χ4n) is 2.74. The van der Waals surface area contributed by atoms with E-state index in [2.05, 4.69) is 17.4 Å². The Morgan fingerprint density at radius 1 is 1.08 bits per heavy atom. The fourth-order valence-corrected chi connectivity index (χ4v) is 3.65. The molecule has 0 bridgehead atoms. The van der Waals surface area contributed by atoms with Crippen LogP contribution in [-0.4, -0.2) is 34.9 Å². The molecule has 2 aromatic carbocycles. The van der Waals surface area contributed by atoms with Crippen molar-refractivity contribution >= 4 is 23.6 Å². The topological polar surface area (TPSA) is 49.4 Å². The van der Waals surface area contributed by atoms with Crippen LogP contribution in [0.3, 0.4) is 0 Å². The quantitative estimate of drug-likeness (QED) is 0.879. The first-order valence-electron chi connectivity index (χ1n) is 7.96. The van der Waals surface area contributed by atoms with E-state index in [1.54, 1.807) is 16.7 Å². The minimum absolute atomic E-state index is 0.0365. The minimum Gasteiger partial charge on any atom is -0.347 e. The van der Waals surface area contributed by atoms with Crippen molar-refractivity contribution in [3.05, 3.63) is 71.8 Å². The Morgan fingerprint density at radius 3 is 2.38 bits per heavy atom. The Bertz CT molecular complexity index is 691. The third-order valence-corrected chi connectivity index (χ3v) is 4.92. The van der Waals surface area contributed by atoms with Gasteiger partial charge in [0.1, 0.15) is 6.54 Å². The third kappa shape index (κ3) is 4.38. The summed E-state index contributed by atoms with van der Waals surface area (Å²) in [4.78, 5) is 25.7. The highest BCUT2D eigenvalue weighted by molar-refractivity contribution is 8.00. The van der Waals surface area contributed by atoms with Crippen molar-refractivity contribution in [2.45, 2.75) is 12.5 Å². The lowest BCUT2D eigenvalue weighted by atomic mass is 9.99. The molecule has 5 heteroatoms. The van der Waals surface area contributed by atoms with Gasteiger partial charge in [0.2, 0.25) is 11.8 Å². The Morgan fingerprint density at radius 2 is 1.75 bits per heavy atom. The van der Waals surface area contributed by atoms with Crippen molar-refractivity contribution in [2.75, 3.05) is 18.2 Å². The fraction of sp³-hybridized carbons (Fsp3) is 0.263. The van der Waals surface area contributed by atoms with Gasteiger partial charge in [0.25, 0.3) is 0 Å². The van der Waals surface area contributed by atoms with Gasteiger partial charge < -0.3 is 10.2 Å². The summed E-state index contributed by atoms with van der Waals surface area (Å²) in [7, 11) is 0. The van der Waals surface area contributed by atoms with Crippen LogP contribution in [0.25, 0.3) is 0 Å². The lowest BCUT2D eigenvalue weighted by Gasteiger charge is -2.21. The number of hydrogen-bond donors (Lipinski definition) is 1. The molecule has 1 aliphatic heterocycles. The van der Waals surface area contributed by atoms with Gasteiger partial charge >= 0.3 is 0 Å². The van der Waals surface area contributed by atoms with Crippen molar-refractivity contribution in [3.8, 4) is 0 Å². The lowest BCUT2D eigenvalue weighted by molar-refractivity contribution is -0.132. The molecule has 0 aliphatic carbocycles. The van der Waals surface area contributed by atoms with Gasteiger partial charge in [-0.15, -0.1) is 11.8 Å². The van der Waals surface area contributed by atoms with Crippen LogP contribution in [0.2, 0.25) is 0 Å². The standard InChI is InChI=1S/C19H20N2O2S/c22-18(12-21-14-24-13-19(21)23)20-17(16-9-5-2-6-10-16)11-15-7-3-1-4-8-15/h1-10,17H,11-14H2,(H,20,22)/t17-/m0/s1. The molecule has 1 saturated heterocycles. The van der Waals surface area contributed by atoms with E-state index in [9.17, 15) is 9.59 Å². The molecule has 1 atom stereocenters. The number of benzene rings is 2. The molecular weight excluding hydrogens is 320 g/mol. The van der Waals surface area contributed by atoms with Crippen LogP contribution in [0.4, 0.5) is 0 Å². The molecule has 4 nitrogen and oxygen atoms in total. The summed E-state index contributed by atoms with van der Waals surface area (Å²) in [5, 5.41) is 3.09. The minimum atomic E-state index is -0.115. The molecule has 2 aromatic rings. The molecule has 0 unspecified atom stereocenters. The zero-order chi connectivity index (χ0) is 16.8. The zero-order valence-corrected chi connectivity index (χ0v) is 14.2. The van der Waals surface area contributed by atoms with Gasteiger partial charge in [-0.3, -0.25) is 9.59 Å². The second kappa shape index (κ2) is 8.02. The maximum absolute atomic E-state index is 12.4. The Hall–Kier alpha value is -2.27. The normalized spacial score (nSPS) is 15.3. The maximum atomic E-state index is 12.4. The van der Waals surface area contributed by atoms with Crippen LogP contribution in [0, 0.1) is 0 Å². The van der Waals surface area contributed by atoms with E-state index in [4.69, 9.17) is 0 Å². The first-order chi connectivity index (χ1) is 11.7. The molecular formula is C19H20N2O2S. The number of nitrogens with zero attached hydrogens (tertiary/aromatic N) is 1. The summed E-state index contributed by atoms with van der Waals surface area (Å²) in [5.74, 6) is 0.991. The van der Waals surface area contributed by atoms with Crippen molar-refractivity contribution in [1.29, 1.82) is 0 Å². The van der Waals surface area contributed by atoms with Crippen molar-refractivity contribution in [3.63, 3.8) is 0 Å². The second-order valence-corrected chi connectivity index (χ2v) is 6.74. The molecule has 2 amide bonds. The van der Waals surface area contributed by atoms with Crippen LogP contribution < -0.4 is 5.32 Å². The van der Waals surface area contributed by atoms with E-state index in [1.165, 1.54) is 5.56 Å². The van der Waals surface area contributed by atoms with Gasteiger partial charge in [-0.1, -0.05) is 60.7 Å². The predicted octanol–water partition coefficient (Wildman–Crippen LogP) is 2.62. The summed E-state index contributed by atoms with van der Waals surface area (Å²) in [6.45, 7) is 0.129. The first-order valence-corrected chi connectivity index (χ1v) is 9.11. The molecule has 124 valence electrons. The Labute approximate surface area is 146 Å². The van der Waals surface area contributed by atoms with Gasteiger partial charge in [-0.25, -0.2) is 0 Å². The van der Waals surface area contributed by atoms with E-state index in [-0.39, 0.29) is 24.4 Å². The van der Waals surface area contributed by atoms with E-state index in [0.29, 0.717) is 11.6 Å². The van der Waals surface area contributed by atoms with Crippen LogP contribution in [-0.2, 0) is 16.0 Å². The average Bonchev–Trinajstić information content (AvgIpc) is 3.01. The SMILES string of the molecule is O=C(CN1CSCC1=O)N[C@@H](Cc1ccccc1)c1ccccc1. The monoisotopic (exact) mass is 340 g/mol. The van der Waals surface area contributed by atoms with Crippen LogP contribution in [0.1, 0.15) is 17.2 Å². The molecule has 0 radical (unpaired) electrons. The van der Waals surface area contributed by atoms with E-state index >= 15 is 0 Å². The highest BCUT2D eigenvalue weighted by Gasteiger charge is 2.24. The number of nitrogens with one attached hydrogen (secondary N) is 1. The maximum Gasteiger partial charge on any atom is 0.240 e. The number of carbonyl (C=O) groups is 2. The number of hydrogen-bond acceptors (Lipinski definition) is 3. The van der Waals surface area contributed by atoms with Gasteiger partial charge in [0.05, 0.1) is 17.7 Å². The third-order valence-electron chi connectivity index (χ3n) is 3.98. The largest absolute Gasteiger partial charge is 0.347 e. The van der Waals surface area contributed by atoms with Gasteiger partial charge in [-0.2, -0.15) is 0 Å². The Kier molecular flexibility index (Phi) is 5.54. The molecule has 1 N–H and O–H groups in total. The number of thioether (sulfide) groups is 1. The van der Waals surface area contributed by atoms with Crippen molar-refractivity contribution in [2.24, 2.45) is 0 Å². The number of rotatable bonds is 6. The summed E-state index contributed by atoms with van der Waals surface area (Å²) < 4.78 is 0. The summed E-state index contributed by atoms with van der Waals surface area (Å²) in [6, 6.07) is 19.9. The molecule has 3 rings (SSSR count). The highest BCUT2D eigenvalue weighted by atomic mass is 32.2. The number of carbonyl (C=O) groups excluding carboxylic acids is 2. The molecule has 1 fully saturated rings. The zero-order valence-electron chi connectivity index (χ0n) is 13.4. The summed E-state index contributed by atoms with van der Waals surface area (Å²) in [5.41, 5.74) is 2.23. The molecule has 0 spiro atoms. The van der Waals surface area contributed by atoms with Crippen LogP contribution in [0.5, 0.6) is 0 Å². The lowest BCUT2D eigenvalue weighted by Crippen LogP contribution is -2.40. The molecule has 0 aromatic heterocycles. The van der Waals surface area contributed by atoms with Gasteiger partial charge in [0, 0.05) is 0 Å². The summed E-state index contributed by atoms with van der Waals surface area (Å²) in [6.07, 6.45) is 0.722. The summed E-state index contributed by atoms with van der Waals surface area (Å²) >= 11 is 1.55. The first kappa shape index (κ1) is 16.6. The molecule has 1 heterocycles. The molecule has 24 heavy (non-hydrogen) atoms. The van der Waals surface area contributed by atoms with Gasteiger partial charge in [0.15, 0.2) is 0 Å². The average molecular weight is 340 g/mol. The molecule has 1 aliphatic rings. The smallest absolute Gasteiger partial charge is 0.240 e. The Balaban J connectivity index is 1.70. The second-order valence-electron chi connectivity index (χ2n) is 5.79. The predicted molar refractivity (Wildman–Crippen MR) is 96.5 cm³/mol. The van der Waals surface area contributed by atoms with E-state index in [0.717, 1.165) is 12.0 Å². The van der Waals surface area contributed by atoms with Crippen molar-refractivity contribution in [1.82, 2.24) is 10.2 Å². The van der Waals surface area contributed by atoms with Crippen LogP contribution in [0.15, 0.2) is 60.7 Å². The molecule has 0 saturated carbocycles. The highest BCUT2D eigenvalue weighted by Crippen LogP contribution is 2.19. The van der Waals surface area contributed by atoms with Crippen molar-refractivity contribution < 1.29 is 9.59 Å². The van der Waals surface area contributed by atoms with E-state index < -0.39 is 0 Å².